The molecule has 3 fully saturated rings. The van der Waals surface area contributed by atoms with Crippen molar-refractivity contribution in [2.75, 3.05) is 62.4 Å². The van der Waals surface area contributed by atoms with Gasteiger partial charge in [0.05, 0.1) is 53.1 Å². The van der Waals surface area contributed by atoms with Gasteiger partial charge in [-0.05, 0) is 73.4 Å². The Morgan fingerprint density at radius 3 is 2.30 bits per heavy atom. The van der Waals surface area contributed by atoms with Crippen LogP contribution in [0.1, 0.15) is 53.3 Å². The Labute approximate surface area is 295 Å². The summed E-state index contributed by atoms with van der Waals surface area (Å²) in [5, 5.41) is 1.21. The second-order valence-electron chi connectivity index (χ2n) is 13.1. The van der Waals surface area contributed by atoms with Crippen LogP contribution in [0.25, 0.3) is 10.9 Å². The number of esters is 2. The predicted octanol–water partition coefficient (Wildman–Crippen LogP) is 5.01. The van der Waals surface area contributed by atoms with Crippen molar-refractivity contribution >= 4 is 32.6 Å². The number of benzene rings is 2. The Balaban J connectivity index is 0.000000652. The van der Waals surface area contributed by atoms with E-state index in [4.69, 9.17) is 37.6 Å². The molecule has 0 bridgehead atoms. The maximum Gasteiger partial charge on any atom is 0.338 e. The minimum absolute atomic E-state index is 0.0170. The first-order valence-corrected chi connectivity index (χ1v) is 18.4. The van der Waals surface area contributed by atoms with Crippen molar-refractivity contribution in [1.29, 1.82) is 0 Å². The van der Waals surface area contributed by atoms with Crippen molar-refractivity contribution in [2.24, 2.45) is 17.8 Å². The molecule has 2 radical (unpaired) electrons. The third kappa shape index (κ3) is 7.05. The number of H-pyrrole nitrogens is 1. The highest BCUT2D eigenvalue weighted by Gasteiger charge is 2.54. The van der Waals surface area contributed by atoms with Gasteiger partial charge in [-0.3, -0.25) is 9.69 Å². The second-order valence-corrected chi connectivity index (χ2v) is 14.2. The van der Waals surface area contributed by atoms with E-state index in [1.807, 2.05) is 12.1 Å². The molecule has 3 aliphatic heterocycles. The maximum atomic E-state index is 13.5. The molecule has 6 atom stereocenters. The topological polar surface area (TPSA) is 127 Å². The number of rotatable bonds is 8. The van der Waals surface area contributed by atoms with Crippen molar-refractivity contribution in [3.63, 3.8) is 0 Å². The van der Waals surface area contributed by atoms with E-state index in [2.05, 4.69) is 16.0 Å². The van der Waals surface area contributed by atoms with E-state index in [1.165, 1.54) is 64.0 Å². The number of hydrogen-bond donors (Lipinski definition) is 1. The molecule has 270 valence electrons. The fraction of sp³-hybridized carbons (Fsp3) is 0.568. The number of carbonyl (C=O) groups is 2. The Hall–Kier alpha value is -3.78. The number of nitrogens with one attached hydrogen (secondary N) is 1. The molecule has 1 aromatic heterocycles. The summed E-state index contributed by atoms with van der Waals surface area (Å²) < 4.78 is 44.2. The summed E-state index contributed by atoms with van der Waals surface area (Å²) in [6, 6.07) is 10.7. The molecule has 7 rings (SSSR count). The Kier molecular flexibility index (Phi) is 11.6. The largest absolute Gasteiger partial charge is 0.497 e. The monoisotopic (exact) mass is 708 g/mol. The quantitative estimate of drug-likeness (QED) is 0.251. The third-order valence-corrected chi connectivity index (χ3v) is 11.6. The molecule has 0 unspecified atom stereocenters. The Morgan fingerprint density at radius 1 is 0.940 bits per heavy atom. The lowest BCUT2D eigenvalue weighted by molar-refractivity contribution is -0.176. The van der Waals surface area contributed by atoms with Crippen molar-refractivity contribution in [2.45, 2.75) is 56.4 Å². The summed E-state index contributed by atoms with van der Waals surface area (Å²) >= 11 is 0. The predicted molar refractivity (Wildman–Crippen MR) is 186 cm³/mol. The smallest absolute Gasteiger partial charge is 0.338 e. The molecule has 1 aliphatic carbocycles. The van der Waals surface area contributed by atoms with Crippen LogP contribution in [0.2, 0.25) is 6.04 Å². The third-order valence-electron chi connectivity index (χ3n) is 10.6. The zero-order valence-electron chi connectivity index (χ0n) is 29.7. The van der Waals surface area contributed by atoms with Crippen LogP contribution in [0.3, 0.4) is 0 Å². The van der Waals surface area contributed by atoms with E-state index >= 15 is 0 Å². The van der Waals surface area contributed by atoms with E-state index < -0.39 is 24.1 Å². The van der Waals surface area contributed by atoms with Gasteiger partial charge in [-0.15, -0.1) is 0 Å². The van der Waals surface area contributed by atoms with Gasteiger partial charge >= 0.3 is 11.9 Å². The van der Waals surface area contributed by atoms with E-state index in [0.717, 1.165) is 53.6 Å². The molecular weight excluding hydrogens is 660 g/mol. The van der Waals surface area contributed by atoms with Gasteiger partial charge in [0.15, 0.2) is 11.5 Å². The molecule has 1 N–H and O–H groups in total. The van der Waals surface area contributed by atoms with Crippen LogP contribution in [0.4, 0.5) is 0 Å². The number of methoxy groups -OCH3 is 6. The van der Waals surface area contributed by atoms with Gasteiger partial charge in [0.2, 0.25) is 15.5 Å². The number of nitrogens with zero attached hydrogens (tertiary/aromatic N) is 1. The lowest BCUT2D eigenvalue weighted by Crippen LogP contribution is -2.58. The van der Waals surface area contributed by atoms with Gasteiger partial charge in [-0.1, -0.05) is 6.42 Å². The molecule has 4 heterocycles. The molecule has 13 heteroatoms. The van der Waals surface area contributed by atoms with Gasteiger partial charge in [-0.2, -0.15) is 0 Å². The summed E-state index contributed by atoms with van der Waals surface area (Å²) in [5.41, 5.74) is 3.83. The van der Waals surface area contributed by atoms with Crippen LogP contribution in [-0.4, -0.2) is 106 Å². The molecular formula is C37H48N2O10Si. The van der Waals surface area contributed by atoms with Crippen LogP contribution in [0.15, 0.2) is 30.3 Å². The molecule has 0 spiro atoms. The van der Waals surface area contributed by atoms with Gasteiger partial charge in [0.25, 0.3) is 0 Å². The summed E-state index contributed by atoms with van der Waals surface area (Å²) in [6.07, 6.45) is 3.59. The zero-order chi connectivity index (χ0) is 35.4. The highest BCUT2D eigenvalue weighted by molar-refractivity contribution is 6.27. The standard InChI is InChI=1S/C33H40N2O9.C4H8OSi/c1-38-19-7-8-20-21-9-10-35-16-18-13-27(44-32(36)17-11-25(39-2)30(41-4)26(12-17)40-3)31(42-5)28(33(37)43-6)22(18)15-24(35)29(21)34-23(20)14-19;1-2-4-6-5-3-1/h7-8,11-12,14,18,22,24,27-28,31,34H,9-10,13,15-16H2,1-6H3;1-4H2/t18-,22+,24-,27-,28+,31+;/m1./s1. The van der Waals surface area contributed by atoms with Crippen LogP contribution in [0, 0.1) is 17.8 Å². The summed E-state index contributed by atoms with van der Waals surface area (Å²) in [5.74, 6) is 0.441. The molecule has 2 saturated heterocycles. The first-order chi connectivity index (χ1) is 24.3. The average molecular weight is 709 g/mol. The van der Waals surface area contributed by atoms with Gasteiger partial charge < -0.3 is 42.6 Å². The van der Waals surface area contributed by atoms with Gasteiger partial charge in [-0.25, -0.2) is 4.79 Å². The number of aromatic nitrogens is 1. The minimum Gasteiger partial charge on any atom is -0.497 e. The molecule has 4 aliphatic rings. The van der Waals surface area contributed by atoms with Crippen molar-refractivity contribution in [3.8, 4) is 23.0 Å². The maximum absolute atomic E-state index is 13.5. The highest BCUT2D eigenvalue weighted by atomic mass is 28.2. The SMILES string of the molecule is C1CC[Si]OC1.COC(=O)[C@H]1[C@H]2C[C@@H]3c4[nH]c5cc(OC)ccc5c4CCN3C[C@H]2C[C@@H](OC(=O)c2cc(OC)c(OC)c(OC)c2)[C@@H]1OC. The average Bonchev–Trinajstić information content (AvgIpc) is 3.54. The second kappa shape index (κ2) is 16.0. The van der Waals surface area contributed by atoms with E-state index in [-0.39, 0.29) is 29.4 Å². The molecule has 1 saturated carbocycles. The van der Waals surface area contributed by atoms with Crippen molar-refractivity contribution < 1.29 is 47.2 Å². The Morgan fingerprint density at radius 2 is 1.72 bits per heavy atom. The molecule has 12 nitrogen and oxygen atoms in total. The number of piperidine rings is 1. The van der Waals surface area contributed by atoms with E-state index in [1.54, 1.807) is 26.4 Å². The van der Waals surface area contributed by atoms with Crippen LogP contribution < -0.4 is 18.9 Å². The fourth-order valence-corrected chi connectivity index (χ4v) is 9.11. The Bertz CT molecular complexity index is 1620. The number of hydrogen-bond acceptors (Lipinski definition) is 11. The highest BCUT2D eigenvalue weighted by Crippen LogP contribution is 2.51. The summed E-state index contributed by atoms with van der Waals surface area (Å²) in [6.45, 7) is 2.69. The number of ether oxygens (including phenoxy) is 7. The number of fused-ring (bicyclic) bond motifs is 6. The number of aromatic amines is 1. The summed E-state index contributed by atoms with van der Waals surface area (Å²) in [4.78, 5) is 33.1. The minimum atomic E-state index is -0.670. The summed E-state index contributed by atoms with van der Waals surface area (Å²) in [7, 11) is 9.90. The zero-order valence-corrected chi connectivity index (χ0v) is 30.7. The molecule has 0 amide bonds. The number of carbonyl (C=O) groups excluding carboxylic acids is 2. The van der Waals surface area contributed by atoms with Gasteiger partial charge in [0.1, 0.15) is 18.0 Å². The van der Waals surface area contributed by atoms with Crippen LogP contribution in [-0.2, 0) is 29.9 Å². The fourth-order valence-electron chi connectivity index (χ4n) is 8.28. The lowest BCUT2D eigenvalue weighted by atomic mass is 9.63. The van der Waals surface area contributed by atoms with Crippen molar-refractivity contribution in [1.82, 2.24) is 9.88 Å². The van der Waals surface area contributed by atoms with Crippen molar-refractivity contribution in [3.05, 3.63) is 47.2 Å². The first kappa shape index (κ1) is 36.0. The molecule has 3 aromatic rings. The van der Waals surface area contributed by atoms with Gasteiger partial charge in [0, 0.05) is 49.5 Å². The first-order valence-electron chi connectivity index (χ1n) is 17.2. The molecule has 50 heavy (non-hydrogen) atoms. The van der Waals surface area contributed by atoms with Crippen LogP contribution in [0.5, 0.6) is 23.0 Å². The van der Waals surface area contributed by atoms with E-state index in [9.17, 15) is 9.59 Å². The lowest BCUT2D eigenvalue weighted by Gasteiger charge is -2.52. The molecule has 2 aromatic carbocycles. The van der Waals surface area contributed by atoms with Crippen LogP contribution >= 0.6 is 0 Å². The van der Waals surface area contributed by atoms with E-state index in [0.29, 0.717) is 23.7 Å². The normalized spacial score (nSPS) is 25.9.